The number of pyridine rings is 1. The predicted octanol–water partition coefficient (Wildman–Crippen LogP) is 3.02. The van der Waals surface area contributed by atoms with Crippen molar-refractivity contribution in [1.29, 1.82) is 0 Å². The Balaban J connectivity index is 2.27. The molecule has 0 unspecified atom stereocenters. The molecule has 0 amide bonds. The number of aryl methyl sites for hydroxylation is 1. The van der Waals surface area contributed by atoms with Gasteiger partial charge < -0.3 is 5.11 Å². The first-order chi connectivity index (χ1) is 8.25. The monoisotopic (exact) mass is 224 g/mol. The van der Waals surface area contributed by atoms with Gasteiger partial charge in [0.25, 0.3) is 0 Å². The highest BCUT2D eigenvalue weighted by Gasteiger charge is 2.08. The third kappa shape index (κ3) is 1.56. The van der Waals surface area contributed by atoms with Crippen molar-refractivity contribution in [2.45, 2.75) is 6.92 Å². The van der Waals surface area contributed by atoms with E-state index in [1.54, 1.807) is 16.7 Å². The molecule has 0 bridgehead atoms. The van der Waals surface area contributed by atoms with Crippen molar-refractivity contribution in [2.24, 2.45) is 0 Å². The minimum atomic E-state index is 0.204. The molecule has 2 aromatic heterocycles. The first-order valence-electron chi connectivity index (χ1n) is 5.48. The topological polar surface area (TPSA) is 37.5 Å². The number of imidazole rings is 1. The molecule has 0 saturated heterocycles. The molecule has 0 spiro atoms. The molecule has 0 atom stereocenters. The fourth-order valence-corrected chi connectivity index (χ4v) is 1.94. The summed E-state index contributed by atoms with van der Waals surface area (Å²) in [6, 6.07) is 13.5. The standard InChI is InChI=1S/C14H12N2O/c1-10-5-7-11(8-6-10)14-15-9-12-3-2-4-13(17)16(12)14/h2-9,17H,1H3. The average molecular weight is 224 g/mol. The Morgan fingerprint density at radius 2 is 1.82 bits per heavy atom. The lowest BCUT2D eigenvalue weighted by molar-refractivity contribution is 0.447. The second kappa shape index (κ2) is 3.63. The van der Waals surface area contributed by atoms with E-state index < -0.39 is 0 Å². The van der Waals surface area contributed by atoms with Gasteiger partial charge in [-0.05, 0) is 19.1 Å². The summed E-state index contributed by atoms with van der Waals surface area (Å²) in [5.74, 6) is 0.966. The van der Waals surface area contributed by atoms with E-state index in [1.165, 1.54) is 5.56 Å². The van der Waals surface area contributed by atoms with E-state index in [2.05, 4.69) is 4.98 Å². The highest BCUT2D eigenvalue weighted by molar-refractivity contribution is 5.64. The molecule has 0 aliphatic rings. The predicted molar refractivity (Wildman–Crippen MR) is 67.0 cm³/mol. The van der Waals surface area contributed by atoms with Gasteiger partial charge in [0.2, 0.25) is 0 Å². The Morgan fingerprint density at radius 1 is 1.06 bits per heavy atom. The summed E-state index contributed by atoms with van der Waals surface area (Å²) in [5, 5.41) is 9.88. The van der Waals surface area contributed by atoms with E-state index in [-0.39, 0.29) is 5.88 Å². The van der Waals surface area contributed by atoms with E-state index in [9.17, 15) is 5.11 Å². The molecule has 0 saturated carbocycles. The summed E-state index contributed by atoms with van der Waals surface area (Å²) < 4.78 is 1.74. The van der Waals surface area contributed by atoms with Crippen LogP contribution in [0.4, 0.5) is 0 Å². The molecule has 1 N–H and O–H groups in total. The van der Waals surface area contributed by atoms with Crippen LogP contribution < -0.4 is 0 Å². The lowest BCUT2D eigenvalue weighted by Gasteiger charge is -2.04. The Bertz CT molecular complexity index is 668. The fraction of sp³-hybridized carbons (Fsp3) is 0.0714. The average Bonchev–Trinajstić information content (AvgIpc) is 2.75. The summed E-state index contributed by atoms with van der Waals surface area (Å²) >= 11 is 0. The number of aromatic hydroxyl groups is 1. The van der Waals surface area contributed by atoms with Crippen LogP contribution in [0.25, 0.3) is 16.9 Å². The molecule has 0 aliphatic heterocycles. The van der Waals surface area contributed by atoms with Gasteiger partial charge in [-0.1, -0.05) is 35.9 Å². The zero-order valence-corrected chi connectivity index (χ0v) is 9.46. The number of rotatable bonds is 1. The third-order valence-electron chi connectivity index (χ3n) is 2.84. The fourth-order valence-electron chi connectivity index (χ4n) is 1.94. The van der Waals surface area contributed by atoms with Crippen LogP contribution in [0, 0.1) is 6.92 Å². The number of hydrogen-bond acceptors (Lipinski definition) is 2. The van der Waals surface area contributed by atoms with Crippen LogP contribution in [0.1, 0.15) is 5.56 Å². The summed E-state index contributed by atoms with van der Waals surface area (Å²) in [5.41, 5.74) is 3.09. The van der Waals surface area contributed by atoms with Crippen LogP contribution in [0.3, 0.4) is 0 Å². The Labute approximate surface area is 99.0 Å². The number of aromatic nitrogens is 2. The SMILES string of the molecule is Cc1ccc(-c2ncc3cccc(O)n23)cc1. The van der Waals surface area contributed by atoms with Gasteiger partial charge in [-0.15, -0.1) is 0 Å². The second-order valence-corrected chi connectivity index (χ2v) is 4.09. The van der Waals surface area contributed by atoms with Crippen molar-refractivity contribution >= 4 is 5.52 Å². The molecule has 0 radical (unpaired) electrons. The Morgan fingerprint density at radius 3 is 2.59 bits per heavy atom. The van der Waals surface area contributed by atoms with Crippen LogP contribution >= 0.6 is 0 Å². The smallest absolute Gasteiger partial charge is 0.197 e. The number of hydrogen-bond donors (Lipinski definition) is 1. The van der Waals surface area contributed by atoms with Gasteiger partial charge in [0, 0.05) is 5.56 Å². The van der Waals surface area contributed by atoms with E-state index in [0.717, 1.165) is 16.9 Å². The summed E-state index contributed by atoms with van der Waals surface area (Å²) in [7, 11) is 0. The van der Waals surface area contributed by atoms with Crippen LogP contribution in [-0.4, -0.2) is 14.5 Å². The van der Waals surface area contributed by atoms with E-state index >= 15 is 0 Å². The minimum Gasteiger partial charge on any atom is -0.494 e. The highest BCUT2D eigenvalue weighted by atomic mass is 16.3. The molecule has 3 rings (SSSR count). The minimum absolute atomic E-state index is 0.204. The van der Waals surface area contributed by atoms with Crippen LogP contribution in [0.5, 0.6) is 5.88 Å². The molecule has 3 aromatic rings. The number of nitrogens with zero attached hydrogens (tertiary/aromatic N) is 2. The molecule has 1 aromatic carbocycles. The lowest BCUT2D eigenvalue weighted by atomic mass is 10.1. The van der Waals surface area contributed by atoms with Crippen molar-refractivity contribution in [3.05, 3.63) is 54.2 Å². The van der Waals surface area contributed by atoms with Crippen molar-refractivity contribution in [3.63, 3.8) is 0 Å². The first-order valence-corrected chi connectivity index (χ1v) is 5.48. The first kappa shape index (κ1) is 9.90. The van der Waals surface area contributed by atoms with Crippen LogP contribution in [-0.2, 0) is 0 Å². The maximum absolute atomic E-state index is 9.88. The summed E-state index contributed by atoms with van der Waals surface area (Å²) in [4.78, 5) is 4.36. The Hall–Kier alpha value is -2.29. The maximum Gasteiger partial charge on any atom is 0.197 e. The van der Waals surface area contributed by atoms with Gasteiger partial charge in [0.05, 0.1) is 11.7 Å². The summed E-state index contributed by atoms with van der Waals surface area (Å²) in [6.07, 6.45) is 1.76. The molecule has 84 valence electrons. The second-order valence-electron chi connectivity index (χ2n) is 4.09. The molecule has 3 heteroatoms. The van der Waals surface area contributed by atoms with Crippen molar-refractivity contribution < 1.29 is 5.11 Å². The van der Waals surface area contributed by atoms with Gasteiger partial charge in [0.15, 0.2) is 5.88 Å². The third-order valence-corrected chi connectivity index (χ3v) is 2.84. The molecule has 3 nitrogen and oxygen atoms in total. The van der Waals surface area contributed by atoms with Crippen LogP contribution in [0.15, 0.2) is 48.7 Å². The number of fused-ring (bicyclic) bond motifs is 1. The quantitative estimate of drug-likeness (QED) is 0.690. The van der Waals surface area contributed by atoms with Crippen molar-refractivity contribution in [1.82, 2.24) is 9.38 Å². The van der Waals surface area contributed by atoms with E-state index in [4.69, 9.17) is 0 Å². The van der Waals surface area contributed by atoms with E-state index in [1.807, 2.05) is 43.3 Å². The van der Waals surface area contributed by atoms with Crippen molar-refractivity contribution in [3.8, 4) is 17.3 Å². The number of benzene rings is 1. The van der Waals surface area contributed by atoms with Gasteiger partial charge >= 0.3 is 0 Å². The maximum atomic E-state index is 9.88. The highest BCUT2D eigenvalue weighted by Crippen LogP contribution is 2.24. The molecule has 17 heavy (non-hydrogen) atoms. The zero-order chi connectivity index (χ0) is 11.8. The van der Waals surface area contributed by atoms with Gasteiger partial charge in [-0.2, -0.15) is 0 Å². The van der Waals surface area contributed by atoms with Gasteiger partial charge in [0.1, 0.15) is 5.82 Å². The molecular weight excluding hydrogens is 212 g/mol. The van der Waals surface area contributed by atoms with Gasteiger partial charge in [-0.3, -0.25) is 4.40 Å². The van der Waals surface area contributed by atoms with Crippen LogP contribution in [0.2, 0.25) is 0 Å². The van der Waals surface area contributed by atoms with Gasteiger partial charge in [-0.25, -0.2) is 4.98 Å². The lowest BCUT2D eigenvalue weighted by Crippen LogP contribution is -1.90. The van der Waals surface area contributed by atoms with E-state index in [0.29, 0.717) is 0 Å². The summed E-state index contributed by atoms with van der Waals surface area (Å²) in [6.45, 7) is 2.05. The normalized spacial score (nSPS) is 10.9. The Kier molecular flexibility index (Phi) is 2.11. The zero-order valence-electron chi connectivity index (χ0n) is 9.46. The molecule has 0 fully saturated rings. The largest absolute Gasteiger partial charge is 0.494 e. The van der Waals surface area contributed by atoms with Crippen molar-refractivity contribution in [2.75, 3.05) is 0 Å². The molecule has 0 aliphatic carbocycles. The molecule has 2 heterocycles. The molecular formula is C14H12N2O.